The van der Waals surface area contributed by atoms with Crippen molar-refractivity contribution in [2.24, 2.45) is 5.92 Å². The van der Waals surface area contributed by atoms with E-state index in [0.29, 0.717) is 19.1 Å². The minimum absolute atomic E-state index is 0.0759. The highest BCUT2D eigenvalue weighted by atomic mass is 16.5. The van der Waals surface area contributed by atoms with E-state index >= 15 is 0 Å². The number of ether oxygens (including phenoxy) is 1. The summed E-state index contributed by atoms with van der Waals surface area (Å²) in [5, 5.41) is 8.76. The van der Waals surface area contributed by atoms with Crippen molar-refractivity contribution in [3.8, 4) is 0 Å². The van der Waals surface area contributed by atoms with Crippen molar-refractivity contribution in [2.75, 3.05) is 39.9 Å². The van der Waals surface area contributed by atoms with Crippen molar-refractivity contribution in [3.05, 3.63) is 0 Å². The summed E-state index contributed by atoms with van der Waals surface area (Å²) < 4.78 is 4.87. The molecule has 0 atom stereocenters. The number of rotatable bonds is 6. The van der Waals surface area contributed by atoms with Crippen molar-refractivity contribution in [1.29, 1.82) is 0 Å². The van der Waals surface area contributed by atoms with Crippen molar-refractivity contribution in [3.63, 3.8) is 0 Å². The third-order valence-corrected chi connectivity index (χ3v) is 2.23. The first kappa shape index (κ1) is 11.3. The van der Waals surface area contributed by atoms with E-state index in [9.17, 15) is 4.79 Å². The number of urea groups is 1. The highest BCUT2D eigenvalue weighted by Crippen LogP contribution is 1.99. The van der Waals surface area contributed by atoms with E-state index in [4.69, 9.17) is 4.74 Å². The van der Waals surface area contributed by atoms with Crippen LogP contribution in [0, 0.1) is 5.92 Å². The van der Waals surface area contributed by atoms with E-state index in [2.05, 4.69) is 16.0 Å². The van der Waals surface area contributed by atoms with E-state index in [0.717, 1.165) is 26.1 Å². The van der Waals surface area contributed by atoms with Gasteiger partial charge in [0.25, 0.3) is 0 Å². The zero-order valence-electron chi connectivity index (χ0n) is 8.64. The normalized spacial score (nSPS) is 16.1. The molecule has 0 aromatic carbocycles. The molecule has 0 radical (unpaired) electrons. The van der Waals surface area contributed by atoms with Gasteiger partial charge in [0.05, 0.1) is 0 Å². The van der Waals surface area contributed by atoms with Crippen molar-refractivity contribution in [1.82, 2.24) is 16.0 Å². The minimum atomic E-state index is -0.0759. The molecule has 5 heteroatoms. The molecule has 0 spiro atoms. The Kier molecular flexibility index (Phi) is 5.32. The van der Waals surface area contributed by atoms with Crippen molar-refractivity contribution >= 4 is 6.03 Å². The largest absolute Gasteiger partial charge is 0.385 e. The first-order chi connectivity index (χ1) is 6.83. The molecule has 14 heavy (non-hydrogen) atoms. The fourth-order valence-corrected chi connectivity index (χ4v) is 1.21. The van der Waals surface area contributed by atoms with Crippen molar-refractivity contribution < 1.29 is 9.53 Å². The summed E-state index contributed by atoms with van der Waals surface area (Å²) >= 11 is 0. The molecule has 1 rings (SSSR count). The minimum Gasteiger partial charge on any atom is -0.385 e. The van der Waals surface area contributed by atoms with Crippen LogP contribution in [-0.2, 0) is 4.74 Å². The Balaban J connectivity index is 1.87. The van der Waals surface area contributed by atoms with Crippen LogP contribution in [0.3, 0.4) is 0 Å². The summed E-state index contributed by atoms with van der Waals surface area (Å²) in [6.45, 7) is 4.16. The van der Waals surface area contributed by atoms with Gasteiger partial charge in [-0.05, 0) is 6.42 Å². The second-order valence-corrected chi connectivity index (χ2v) is 3.51. The SMILES string of the molecule is COCCCNC(=O)NCC1CNC1. The standard InChI is InChI=1S/C9H19N3O2/c1-14-4-2-3-11-9(13)12-7-8-5-10-6-8/h8,10H,2-7H2,1H3,(H2,11,12,13). The average Bonchev–Trinajstić information content (AvgIpc) is 2.10. The van der Waals surface area contributed by atoms with Gasteiger partial charge >= 0.3 is 6.03 Å². The summed E-state index contributed by atoms with van der Waals surface area (Å²) in [4.78, 5) is 11.2. The zero-order chi connectivity index (χ0) is 10.2. The molecule has 0 aliphatic carbocycles. The maximum Gasteiger partial charge on any atom is 0.314 e. The second-order valence-electron chi connectivity index (χ2n) is 3.51. The molecule has 0 aromatic heterocycles. The maximum absolute atomic E-state index is 11.2. The first-order valence-corrected chi connectivity index (χ1v) is 5.04. The lowest BCUT2D eigenvalue weighted by atomic mass is 10.0. The van der Waals surface area contributed by atoms with Crippen LogP contribution in [0.25, 0.3) is 0 Å². The number of carbonyl (C=O) groups excluding carboxylic acids is 1. The number of hydrogen-bond acceptors (Lipinski definition) is 3. The first-order valence-electron chi connectivity index (χ1n) is 5.04. The van der Waals surface area contributed by atoms with Gasteiger partial charge in [-0.25, -0.2) is 4.79 Å². The van der Waals surface area contributed by atoms with Gasteiger partial charge in [0.1, 0.15) is 0 Å². The van der Waals surface area contributed by atoms with E-state index < -0.39 is 0 Å². The molecule has 82 valence electrons. The van der Waals surface area contributed by atoms with Gasteiger partial charge in [0, 0.05) is 45.8 Å². The molecule has 1 heterocycles. The Hall–Kier alpha value is -0.810. The van der Waals surface area contributed by atoms with Gasteiger partial charge in [-0.3, -0.25) is 0 Å². The second kappa shape index (κ2) is 6.62. The molecule has 2 amide bonds. The van der Waals surface area contributed by atoms with E-state index in [1.807, 2.05) is 0 Å². The Bertz CT molecular complexity index is 171. The molecule has 0 bridgehead atoms. The summed E-state index contributed by atoms with van der Waals surface area (Å²) in [7, 11) is 1.66. The lowest BCUT2D eigenvalue weighted by Gasteiger charge is -2.27. The number of amides is 2. The van der Waals surface area contributed by atoms with Gasteiger partial charge in [0.15, 0.2) is 0 Å². The van der Waals surface area contributed by atoms with Gasteiger partial charge in [0.2, 0.25) is 0 Å². The lowest BCUT2D eigenvalue weighted by molar-refractivity contribution is 0.193. The van der Waals surface area contributed by atoms with Gasteiger partial charge in [-0.2, -0.15) is 0 Å². The molecule has 1 saturated heterocycles. The van der Waals surface area contributed by atoms with Crippen LogP contribution in [0.15, 0.2) is 0 Å². The van der Waals surface area contributed by atoms with E-state index in [1.165, 1.54) is 0 Å². The van der Waals surface area contributed by atoms with E-state index in [1.54, 1.807) is 7.11 Å². The smallest absolute Gasteiger partial charge is 0.314 e. The Morgan fingerprint density at radius 3 is 2.86 bits per heavy atom. The molecule has 5 nitrogen and oxygen atoms in total. The van der Waals surface area contributed by atoms with Crippen LogP contribution in [-0.4, -0.2) is 45.9 Å². The van der Waals surface area contributed by atoms with Crippen LogP contribution in [0.2, 0.25) is 0 Å². The van der Waals surface area contributed by atoms with E-state index in [-0.39, 0.29) is 6.03 Å². The van der Waals surface area contributed by atoms with Crippen LogP contribution in [0.4, 0.5) is 4.79 Å². The number of hydrogen-bond donors (Lipinski definition) is 3. The highest BCUT2D eigenvalue weighted by Gasteiger charge is 2.16. The van der Waals surface area contributed by atoms with Gasteiger partial charge < -0.3 is 20.7 Å². The summed E-state index contributed by atoms with van der Waals surface area (Å²) in [6.07, 6.45) is 0.856. The predicted octanol–water partition coefficient (Wildman–Crippen LogP) is -0.458. The highest BCUT2D eigenvalue weighted by molar-refractivity contribution is 5.73. The number of carbonyl (C=O) groups is 1. The maximum atomic E-state index is 11.2. The molecule has 0 saturated carbocycles. The third kappa shape index (κ3) is 4.43. The zero-order valence-corrected chi connectivity index (χ0v) is 8.64. The Labute approximate surface area is 84.6 Å². The predicted molar refractivity (Wildman–Crippen MR) is 54.3 cm³/mol. The Morgan fingerprint density at radius 1 is 1.50 bits per heavy atom. The molecule has 3 N–H and O–H groups in total. The van der Waals surface area contributed by atoms with Crippen molar-refractivity contribution in [2.45, 2.75) is 6.42 Å². The summed E-state index contributed by atoms with van der Waals surface area (Å²) in [5.74, 6) is 0.611. The lowest BCUT2D eigenvalue weighted by Crippen LogP contribution is -2.49. The number of methoxy groups -OCH3 is 1. The van der Waals surface area contributed by atoms with Crippen LogP contribution >= 0.6 is 0 Å². The van der Waals surface area contributed by atoms with Gasteiger partial charge in [-0.15, -0.1) is 0 Å². The third-order valence-electron chi connectivity index (χ3n) is 2.23. The van der Waals surface area contributed by atoms with Gasteiger partial charge in [-0.1, -0.05) is 0 Å². The molecule has 0 unspecified atom stereocenters. The summed E-state index contributed by atoms with van der Waals surface area (Å²) in [6, 6.07) is -0.0759. The molecule has 1 aliphatic heterocycles. The average molecular weight is 201 g/mol. The number of nitrogens with one attached hydrogen (secondary N) is 3. The van der Waals surface area contributed by atoms with Crippen LogP contribution in [0.5, 0.6) is 0 Å². The fraction of sp³-hybridized carbons (Fsp3) is 0.889. The van der Waals surface area contributed by atoms with Crippen LogP contribution in [0.1, 0.15) is 6.42 Å². The molecular formula is C9H19N3O2. The Morgan fingerprint density at radius 2 is 2.29 bits per heavy atom. The van der Waals surface area contributed by atoms with Crippen LogP contribution < -0.4 is 16.0 Å². The molecule has 0 aromatic rings. The molecule has 1 aliphatic rings. The summed E-state index contributed by atoms with van der Waals surface area (Å²) in [5.41, 5.74) is 0. The topological polar surface area (TPSA) is 62.4 Å². The molecular weight excluding hydrogens is 182 g/mol. The quantitative estimate of drug-likeness (QED) is 0.510. The monoisotopic (exact) mass is 201 g/mol. The molecule has 1 fully saturated rings. The fourth-order valence-electron chi connectivity index (χ4n) is 1.21.